The summed E-state index contributed by atoms with van der Waals surface area (Å²) in [5.41, 5.74) is 6.10. The Kier molecular flexibility index (Phi) is 4.02. The molecule has 90 valence electrons. The molecule has 2 rings (SSSR count). The Morgan fingerprint density at radius 1 is 1.75 bits per heavy atom. The largest absolute Gasteiger partial charge is 0.379 e. The van der Waals surface area contributed by atoms with Crippen molar-refractivity contribution in [1.29, 1.82) is 0 Å². The van der Waals surface area contributed by atoms with Crippen molar-refractivity contribution in [3.05, 3.63) is 20.8 Å². The molecule has 2 heterocycles. The highest BCUT2D eigenvalue weighted by Crippen LogP contribution is 2.26. The van der Waals surface area contributed by atoms with Gasteiger partial charge in [-0.3, -0.25) is 0 Å². The van der Waals surface area contributed by atoms with Crippen molar-refractivity contribution in [2.24, 2.45) is 11.1 Å². The molecular formula is C11H17BrN2OS. The summed E-state index contributed by atoms with van der Waals surface area (Å²) >= 11 is 5.21. The van der Waals surface area contributed by atoms with Gasteiger partial charge in [-0.25, -0.2) is 0 Å². The third-order valence-electron chi connectivity index (χ3n) is 3.07. The maximum absolute atomic E-state index is 6.03. The second kappa shape index (κ2) is 5.14. The lowest BCUT2D eigenvalue weighted by Crippen LogP contribution is -2.45. The van der Waals surface area contributed by atoms with E-state index < -0.39 is 0 Å². The van der Waals surface area contributed by atoms with E-state index >= 15 is 0 Å². The smallest absolute Gasteiger partial charge is 0.0624 e. The van der Waals surface area contributed by atoms with Crippen molar-refractivity contribution in [3.8, 4) is 0 Å². The molecule has 1 fully saturated rings. The number of hydrogen-bond donors (Lipinski definition) is 2. The zero-order chi connectivity index (χ0) is 11.6. The second-order valence-electron chi connectivity index (χ2n) is 4.61. The summed E-state index contributed by atoms with van der Waals surface area (Å²) in [4.78, 5) is 1.34. The average molecular weight is 305 g/mol. The van der Waals surface area contributed by atoms with Crippen LogP contribution >= 0.6 is 27.3 Å². The second-order valence-corrected chi connectivity index (χ2v) is 6.52. The van der Waals surface area contributed by atoms with Gasteiger partial charge in [0.2, 0.25) is 0 Å². The Bertz CT molecular complexity index is 358. The number of rotatable bonds is 4. The minimum atomic E-state index is 0.0779. The molecule has 0 spiro atoms. The molecule has 0 bridgehead atoms. The number of halogens is 1. The van der Waals surface area contributed by atoms with Gasteiger partial charge in [-0.05, 0) is 22.0 Å². The third kappa shape index (κ3) is 2.84. The van der Waals surface area contributed by atoms with Gasteiger partial charge >= 0.3 is 0 Å². The van der Waals surface area contributed by atoms with E-state index in [9.17, 15) is 0 Å². The third-order valence-corrected chi connectivity index (χ3v) is 4.77. The number of thiophene rings is 1. The molecule has 3 N–H and O–H groups in total. The van der Waals surface area contributed by atoms with Crippen molar-refractivity contribution < 1.29 is 4.74 Å². The molecule has 1 saturated heterocycles. The van der Waals surface area contributed by atoms with Crippen LogP contribution in [0.2, 0.25) is 0 Å². The summed E-state index contributed by atoms with van der Waals surface area (Å²) in [6, 6.07) is 2.29. The molecule has 2 unspecified atom stereocenters. The van der Waals surface area contributed by atoms with Gasteiger partial charge in [-0.2, -0.15) is 0 Å². The van der Waals surface area contributed by atoms with E-state index in [1.165, 1.54) is 4.88 Å². The Labute approximate surface area is 108 Å². The first kappa shape index (κ1) is 12.5. The van der Waals surface area contributed by atoms with Crippen LogP contribution < -0.4 is 11.1 Å². The average Bonchev–Trinajstić information content (AvgIpc) is 2.76. The highest BCUT2D eigenvalue weighted by atomic mass is 79.9. The fraction of sp³-hybridized carbons (Fsp3) is 0.636. The van der Waals surface area contributed by atoms with Gasteiger partial charge in [-0.1, -0.05) is 6.92 Å². The lowest BCUT2D eigenvalue weighted by molar-refractivity contribution is 0.158. The van der Waals surface area contributed by atoms with E-state index in [0.29, 0.717) is 6.61 Å². The molecule has 1 aliphatic rings. The van der Waals surface area contributed by atoms with E-state index in [1.807, 2.05) is 0 Å². The zero-order valence-electron chi connectivity index (χ0n) is 9.33. The van der Waals surface area contributed by atoms with Gasteiger partial charge in [0, 0.05) is 39.3 Å². The monoisotopic (exact) mass is 304 g/mol. The highest BCUT2D eigenvalue weighted by molar-refractivity contribution is 9.10. The molecule has 5 heteroatoms. The normalized spacial score (nSPS) is 29.8. The van der Waals surface area contributed by atoms with E-state index in [2.05, 4.69) is 39.6 Å². The van der Waals surface area contributed by atoms with Crippen LogP contribution in [-0.4, -0.2) is 25.8 Å². The molecule has 3 nitrogen and oxygen atoms in total. The molecule has 1 aromatic heterocycles. The van der Waals surface area contributed by atoms with Gasteiger partial charge in [-0.15, -0.1) is 11.3 Å². The highest BCUT2D eigenvalue weighted by Gasteiger charge is 2.37. The van der Waals surface area contributed by atoms with Gasteiger partial charge < -0.3 is 15.8 Å². The molecule has 1 aromatic rings. The van der Waals surface area contributed by atoms with E-state index in [4.69, 9.17) is 10.5 Å². The molecule has 0 radical (unpaired) electrons. The Morgan fingerprint density at radius 2 is 2.56 bits per heavy atom. The van der Waals surface area contributed by atoms with Crippen molar-refractivity contribution >= 4 is 27.3 Å². The van der Waals surface area contributed by atoms with Gasteiger partial charge in [0.15, 0.2) is 0 Å². The van der Waals surface area contributed by atoms with Crippen LogP contribution in [0.5, 0.6) is 0 Å². The van der Waals surface area contributed by atoms with Crippen molar-refractivity contribution in [1.82, 2.24) is 5.32 Å². The van der Waals surface area contributed by atoms with Crippen molar-refractivity contribution in [2.45, 2.75) is 19.5 Å². The maximum Gasteiger partial charge on any atom is 0.0624 e. The van der Waals surface area contributed by atoms with E-state index in [1.54, 1.807) is 11.3 Å². The number of ether oxygens (including phenoxy) is 1. The molecule has 0 saturated carbocycles. The minimum absolute atomic E-state index is 0.0779. The predicted molar refractivity (Wildman–Crippen MR) is 70.6 cm³/mol. The lowest BCUT2D eigenvalue weighted by atomic mass is 9.86. The molecule has 0 aromatic carbocycles. The molecule has 2 atom stereocenters. The van der Waals surface area contributed by atoms with E-state index in [0.717, 1.165) is 24.2 Å². The maximum atomic E-state index is 6.03. The number of nitrogens with two attached hydrogens (primary N) is 1. The molecule has 1 aliphatic heterocycles. The standard InChI is InChI=1S/C11H17BrN2OS/c1-11(7-15-4-10(11)13)6-14-3-9-2-8(12)5-16-9/h2,5,10,14H,3-4,6-7,13H2,1H3. The summed E-state index contributed by atoms with van der Waals surface area (Å²) in [5, 5.41) is 5.56. The van der Waals surface area contributed by atoms with Crippen LogP contribution in [0, 0.1) is 5.41 Å². The van der Waals surface area contributed by atoms with E-state index in [-0.39, 0.29) is 11.5 Å². The van der Waals surface area contributed by atoms with Gasteiger partial charge in [0.25, 0.3) is 0 Å². The Balaban J connectivity index is 1.79. The van der Waals surface area contributed by atoms with Crippen LogP contribution in [0.4, 0.5) is 0 Å². The number of hydrogen-bond acceptors (Lipinski definition) is 4. The zero-order valence-corrected chi connectivity index (χ0v) is 11.7. The topological polar surface area (TPSA) is 47.3 Å². The summed E-state index contributed by atoms with van der Waals surface area (Å²) in [7, 11) is 0. The van der Waals surface area contributed by atoms with Crippen LogP contribution in [0.3, 0.4) is 0 Å². The first-order valence-corrected chi connectivity index (χ1v) is 7.04. The lowest BCUT2D eigenvalue weighted by Gasteiger charge is -2.26. The molecule has 0 aliphatic carbocycles. The summed E-state index contributed by atoms with van der Waals surface area (Å²) in [6.45, 7) is 5.43. The molecule has 0 amide bonds. The summed E-state index contributed by atoms with van der Waals surface area (Å²) < 4.78 is 6.56. The van der Waals surface area contributed by atoms with Crippen molar-refractivity contribution in [3.63, 3.8) is 0 Å². The van der Waals surface area contributed by atoms with Crippen LogP contribution in [0.15, 0.2) is 15.9 Å². The van der Waals surface area contributed by atoms with Crippen molar-refractivity contribution in [2.75, 3.05) is 19.8 Å². The molecule has 16 heavy (non-hydrogen) atoms. The van der Waals surface area contributed by atoms with Crippen LogP contribution in [0.1, 0.15) is 11.8 Å². The fourth-order valence-electron chi connectivity index (χ4n) is 1.83. The van der Waals surface area contributed by atoms with Gasteiger partial charge in [0.1, 0.15) is 0 Å². The quantitative estimate of drug-likeness (QED) is 0.894. The SMILES string of the molecule is CC1(CNCc2cc(Br)cs2)COCC1N. The minimum Gasteiger partial charge on any atom is -0.379 e. The predicted octanol–water partition coefficient (Wildman–Crippen LogP) is 1.96. The number of nitrogens with one attached hydrogen (secondary N) is 1. The van der Waals surface area contributed by atoms with Gasteiger partial charge in [0.05, 0.1) is 13.2 Å². The Morgan fingerprint density at radius 3 is 3.12 bits per heavy atom. The van der Waals surface area contributed by atoms with Crippen LogP contribution in [0.25, 0.3) is 0 Å². The first-order valence-electron chi connectivity index (χ1n) is 5.37. The Hall–Kier alpha value is 0.0600. The summed E-state index contributed by atoms with van der Waals surface area (Å²) in [5.74, 6) is 0. The first-order chi connectivity index (χ1) is 7.60. The fourth-order valence-corrected chi connectivity index (χ4v) is 3.25. The summed E-state index contributed by atoms with van der Waals surface area (Å²) in [6.07, 6.45) is 0. The molecular weight excluding hydrogens is 288 g/mol. The van der Waals surface area contributed by atoms with Crippen LogP contribution in [-0.2, 0) is 11.3 Å².